The van der Waals surface area contributed by atoms with E-state index in [9.17, 15) is 10.2 Å². The molecule has 3 rings (SSSR count). The molecule has 0 saturated carbocycles. The van der Waals surface area contributed by atoms with Crippen molar-refractivity contribution in [1.29, 1.82) is 0 Å². The molecule has 4 atom stereocenters. The van der Waals surface area contributed by atoms with E-state index in [1.54, 1.807) is 6.20 Å². The van der Waals surface area contributed by atoms with Gasteiger partial charge >= 0.3 is 0 Å². The molecular weight excluding hydrogens is 234 g/mol. The van der Waals surface area contributed by atoms with Gasteiger partial charge in [0.1, 0.15) is 24.4 Å². The number of fused-ring (bicyclic) bond motifs is 1. The first kappa shape index (κ1) is 11.7. The van der Waals surface area contributed by atoms with Gasteiger partial charge in [-0.05, 0) is 6.07 Å². The van der Waals surface area contributed by atoms with Crippen molar-refractivity contribution in [1.82, 2.24) is 4.98 Å². The van der Waals surface area contributed by atoms with Crippen LogP contribution in [0, 0.1) is 0 Å². The molecule has 5 nitrogen and oxygen atoms in total. The van der Waals surface area contributed by atoms with Gasteiger partial charge in [0.2, 0.25) is 0 Å². The largest absolute Gasteiger partial charge is 0.394 e. The summed E-state index contributed by atoms with van der Waals surface area (Å²) in [6, 6.07) is 7.68. The summed E-state index contributed by atoms with van der Waals surface area (Å²) in [6.07, 6.45) is -1.67. The number of hydrogen-bond donors (Lipinski definition) is 4. The van der Waals surface area contributed by atoms with Crippen LogP contribution in [0.2, 0.25) is 0 Å². The van der Waals surface area contributed by atoms with Crippen LogP contribution in [0.3, 0.4) is 0 Å². The zero-order valence-electron chi connectivity index (χ0n) is 9.65. The van der Waals surface area contributed by atoms with E-state index >= 15 is 0 Å². The highest BCUT2D eigenvalue weighted by atomic mass is 16.6. The molecule has 4 N–H and O–H groups in total. The van der Waals surface area contributed by atoms with Gasteiger partial charge in [0.05, 0.1) is 6.61 Å². The average Bonchev–Trinajstić information content (AvgIpc) is 2.93. The third kappa shape index (κ3) is 1.64. The van der Waals surface area contributed by atoms with Crippen molar-refractivity contribution in [2.75, 3.05) is 6.61 Å². The molecule has 96 valence electrons. The lowest BCUT2D eigenvalue weighted by Crippen LogP contribution is -2.32. The molecule has 1 saturated heterocycles. The van der Waals surface area contributed by atoms with Gasteiger partial charge in [0, 0.05) is 22.7 Å². The van der Waals surface area contributed by atoms with E-state index in [4.69, 9.17) is 9.84 Å². The molecule has 1 fully saturated rings. The number of H-pyrrole nitrogens is 1. The van der Waals surface area contributed by atoms with Gasteiger partial charge in [-0.1, -0.05) is 18.2 Å². The fourth-order valence-corrected chi connectivity index (χ4v) is 2.49. The van der Waals surface area contributed by atoms with Crippen LogP contribution < -0.4 is 0 Å². The Bertz CT molecular complexity index is 553. The Labute approximate surface area is 104 Å². The van der Waals surface area contributed by atoms with E-state index < -0.39 is 24.4 Å². The number of aromatic nitrogens is 1. The van der Waals surface area contributed by atoms with Crippen molar-refractivity contribution in [3.63, 3.8) is 0 Å². The summed E-state index contributed by atoms with van der Waals surface area (Å²) in [5, 5.41) is 29.8. The summed E-state index contributed by atoms with van der Waals surface area (Å²) in [6.45, 7) is -0.308. The molecule has 18 heavy (non-hydrogen) atoms. The summed E-state index contributed by atoms with van der Waals surface area (Å²) in [5.41, 5.74) is 1.75. The molecule has 0 amide bonds. The summed E-state index contributed by atoms with van der Waals surface area (Å²) in [4.78, 5) is 3.10. The van der Waals surface area contributed by atoms with E-state index in [0.29, 0.717) is 0 Å². The first-order chi connectivity index (χ1) is 8.72. The van der Waals surface area contributed by atoms with Crippen molar-refractivity contribution in [2.45, 2.75) is 24.4 Å². The third-order valence-electron chi connectivity index (χ3n) is 3.47. The molecule has 1 aliphatic rings. The number of aliphatic hydroxyl groups is 3. The SMILES string of the molecule is OC[C@H]1OC(c2c[nH]c3ccccc23)[C@H](O)[C@@H]1O. The zero-order valence-corrected chi connectivity index (χ0v) is 9.65. The quantitative estimate of drug-likeness (QED) is 0.617. The second kappa shape index (κ2) is 4.37. The smallest absolute Gasteiger partial charge is 0.114 e. The van der Waals surface area contributed by atoms with Crippen molar-refractivity contribution >= 4 is 10.9 Å². The fourth-order valence-electron chi connectivity index (χ4n) is 2.49. The van der Waals surface area contributed by atoms with Crippen molar-refractivity contribution in [3.05, 3.63) is 36.0 Å². The van der Waals surface area contributed by atoms with Crippen LogP contribution in [0.15, 0.2) is 30.5 Å². The number of hydrogen-bond acceptors (Lipinski definition) is 4. The van der Waals surface area contributed by atoms with Gasteiger partial charge in [-0.2, -0.15) is 0 Å². The summed E-state index contributed by atoms with van der Waals surface area (Å²) in [5.74, 6) is 0. The van der Waals surface area contributed by atoms with E-state index in [0.717, 1.165) is 16.5 Å². The molecule has 0 aliphatic carbocycles. The Morgan fingerprint density at radius 2 is 1.94 bits per heavy atom. The van der Waals surface area contributed by atoms with Crippen LogP contribution >= 0.6 is 0 Å². The van der Waals surface area contributed by atoms with Crippen LogP contribution in [-0.2, 0) is 4.74 Å². The Kier molecular flexibility index (Phi) is 2.83. The molecule has 1 aromatic carbocycles. The number of aromatic amines is 1. The van der Waals surface area contributed by atoms with Gasteiger partial charge in [-0.15, -0.1) is 0 Å². The molecule has 5 heteroatoms. The summed E-state index contributed by atoms with van der Waals surface area (Å²) >= 11 is 0. The van der Waals surface area contributed by atoms with E-state index in [2.05, 4.69) is 4.98 Å². The molecular formula is C13H15NO4. The topological polar surface area (TPSA) is 85.7 Å². The minimum absolute atomic E-state index is 0.308. The standard InChI is InChI=1S/C13H15NO4/c15-6-10-11(16)12(17)13(18-10)8-5-14-9-4-2-1-3-7(8)9/h1-5,10-17H,6H2/t10-,11-,12-,13?/m1/s1. The maximum Gasteiger partial charge on any atom is 0.114 e. The number of ether oxygens (including phenoxy) is 1. The van der Waals surface area contributed by atoms with Crippen LogP contribution in [0.5, 0.6) is 0 Å². The van der Waals surface area contributed by atoms with Gasteiger partial charge < -0.3 is 25.0 Å². The first-order valence-corrected chi connectivity index (χ1v) is 5.91. The normalized spacial score (nSPS) is 32.2. The number of aliphatic hydroxyl groups excluding tert-OH is 3. The van der Waals surface area contributed by atoms with Gasteiger partial charge in [-0.3, -0.25) is 0 Å². The summed E-state index contributed by atoms with van der Waals surface area (Å²) in [7, 11) is 0. The predicted octanol–water partition coefficient (Wildman–Crippen LogP) is 0.322. The zero-order chi connectivity index (χ0) is 12.7. The first-order valence-electron chi connectivity index (χ1n) is 5.91. The monoisotopic (exact) mass is 249 g/mol. The predicted molar refractivity (Wildman–Crippen MR) is 65.0 cm³/mol. The molecule has 1 aromatic heterocycles. The number of para-hydroxylation sites is 1. The minimum Gasteiger partial charge on any atom is -0.394 e. The van der Waals surface area contributed by atoms with E-state index in [1.165, 1.54) is 0 Å². The Morgan fingerprint density at radius 1 is 1.17 bits per heavy atom. The summed E-state index contributed by atoms with van der Waals surface area (Å²) < 4.78 is 5.52. The van der Waals surface area contributed by atoms with Gasteiger partial charge in [0.25, 0.3) is 0 Å². The van der Waals surface area contributed by atoms with Gasteiger partial charge in [-0.25, -0.2) is 0 Å². The number of benzene rings is 1. The second-order valence-corrected chi connectivity index (χ2v) is 4.55. The van der Waals surface area contributed by atoms with E-state index in [1.807, 2.05) is 24.3 Å². The number of rotatable bonds is 2. The van der Waals surface area contributed by atoms with E-state index in [-0.39, 0.29) is 6.61 Å². The fraction of sp³-hybridized carbons (Fsp3) is 0.385. The van der Waals surface area contributed by atoms with Crippen molar-refractivity contribution in [2.24, 2.45) is 0 Å². The maximum absolute atomic E-state index is 9.99. The molecule has 2 aromatic rings. The van der Waals surface area contributed by atoms with Gasteiger partial charge in [0.15, 0.2) is 0 Å². The highest BCUT2D eigenvalue weighted by molar-refractivity contribution is 5.83. The molecule has 1 unspecified atom stereocenters. The average molecular weight is 249 g/mol. The molecule has 0 spiro atoms. The molecule has 1 aliphatic heterocycles. The van der Waals surface area contributed by atoms with Crippen LogP contribution in [0.1, 0.15) is 11.7 Å². The van der Waals surface area contributed by atoms with Crippen LogP contribution in [-0.4, -0.2) is 45.2 Å². The highest BCUT2D eigenvalue weighted by Gasteiger charge is 2.43. The molecule has 0 bridgehead atoms. The maximum atomic E-state index is 9.99. The lowest BCUT2D eigenvalue weighted by atomic mass is 10.0. The third-order valence-corrected chi connectivity index (χ3v) is 3.47. The molecule has 0 radical (unpaired) electrons. The number of nitrogens with one attached hydrogen (secondary N) is 1. The molecule has 2 heterocycles. The van der Waals surface area contributed by atoms with Crippen LogP contribution in [0.4, 0.5) is 0 Å². The Morgan fingerprint density at radius 3 is 2.67 bits per heavy atom. The van der Waals surface area contributed by atoms with Crippen LogP contribution in [0.25, 0.3) is 10.9 Å². The lowest BCUT2D eigenvalue weighted by molar-refractivity contribution is -0.0223. The lowest BCUT2D eigenvalue weighted by Gasteiger charge is -2.13. The second-order valence-electron chi connectivity index (χ2n) is 4.55. The van der Waals surface area contributed by atoms with Crippen molar-refractivity contribution < 1.29 is 20.1 Å². The Hall–Kier alpha value is -1.40. The highest BCUT2D eigenvalue weighted by Crippen LogP contribution is 2.36. The minimum atomic E-state index is -1.06. The Balaban J connectivity index is 2.00. The van der Waals surface area contributed by atoms with Crippen molar-refractivity contribution in [3.8, 4) is 0 Å².